The Morgan fingerprint density at radius 1 is 1.50 bits per heavy atom. The highest BCUT2D eigenvalue weighted by Crippen LogP contribution is 2.29. The van der Waals surface area contributed by atoms with Crippen LogP contribution in [0.4, 0.5) is 10.1 Å². The molecule has 98 valence electrons. The molecule has 1 aliphatic rings. The highest BCUT2D eigenvalue weighted by Gasteiger charge is 2.28. The van der Waals surface area contributed by atoms with Gasteiger partial charge in [-0.15, -0.1) is 0 Å². The van der Waals surface area contributed by atoms with Crippen molar-refractivity contribution >= 4 is 11.7 Å². The molecule has 0 radical (unpaired) electrons. The molecule has 4 nitrogen and oxygen atoms in total. The number of carboxylic acids is 1. The molecular weight excluding hydrogens is 237 g/mol. The van der Waals surface area contributed by atoms with E-state index in [1.165, 1.54) is 18.2 Å². The quantitative estimate of drug-likeness (QED) is 0.842. The third-order valence-electron chi connectivity index (χ3n) is 3.39. The normalized spacial score (nSPS) is 24.1. The van der Waals surface area contributed by atoms with Crippen molar-refractivity contribution in [2.45, 2.75) is 19.4 Å². The van der Waals surface area contributed by atoms with E-state index in [-0.39, 0.29) is 17.2 Å². The van der Waals surface area contributed by atoms with Crippen LogP contribution >= 0.6 is 0 Å². The molecule has 5 heteroatoms. The number of piperidine rings is 1. The highest BCUT2D eigenvalue weighted by molar-refractivity contribution is 5.94. The number of nitrogens with zero attached hydrogens (tertiary/aromatic N) is 1. The monoisotopic (exact) mass is 253 g/mol. The minimum absolute atomic E-state index is 0.000000945. The van der Waals surface area contributed by atoms with Crippen molar-refractivity contribution in [1.29, 1.82) is 0 Å². The van der Waals surface area contributed by atoms with E-state index in [4.69, 9.17) is 5.11 Å². The van der Waals surface area contributed by atoms with Crippen LogP contribution in [0.5, 0.6) is 0 Å². The van der Waals surface area contributed by atoms with Crippen LogP contribution in [-0.4, -0.2) is 35.4 Å². The molecule has 1 aromatic rings. The molecule has 0 bridgehead atoms. The zero-order chi connectivity index (χ0) is 13.3. The molecule has 0 spiro atoms. The minimum atomic E-state index is -1.14. The second-order valence-electron chi connectivity index (χ2n) is 4.72. The molecule has 18 heavy (non-hydrogen) atoms. The van der Waals surface area contributed by atoms with Gasteiger partial charge in [-0.25, -0.2) is 9.18 Å². The van der Waals surface area contributed by atoms with Gasteiger partial charge in [0, 0.05) is 13.1 Å². The number of rotatable bonds is 2. The summed E-state index contributed by atoms with van der Waals surface area (Å²) in [7, 11) is 0. The molecule has 1 fully saturated rings. The first kappa shape index (κ1) is 12.8. The third-order valence-corrected chi connectivity index (χ3v) is 3.39. The summed E-state index contributed by atoms with van der Waals surface area (Å²) in [6.45, 7) is 2.80. The molecular formula is C13H16FNO3. The van der Waals surface area contributed by atoms with Crippen LogP contribution < -0.4 is 4.90 Å². The topological polar surface area (TPSA) is 60.8 Å². The first-order chi connectivity index (χ1) is 8.50. The summed E-state index contributed by atoms with van der Waals surface area (Å²) < 4.78 is 13.9. The maximum Gasteiger partial charge on any atom is 0.337 e. The second-order valence-corrected chi connectivity index (χ2v) is 4.72. The molecule has 0 aliphatic carbocycles. The number of anilines is 1. The van der Waals surface area contributed by atoms with Crippen molar-refractivity contribution in [1.82, 2.24) is 0 Å². The molecule has 1 aliphatic heterocycles. The standard InChI is InChI=1S/C13H16FNO3/c1-8-7-15(6-5-11(8)16)12-9(13(17)18)3-2-4-10(12)14/h2-4,8,11,16H,5-7H2,1H3,(H,17,18). The smallest absolute Gasteiger partial charge is 0.337 e. The number of aliphatic hydroxyl groups is 1. The fourth-order valence-corrected chi connectivity index (χ4v) is 2.35. The van der Waals surface area contributed by atoms with E-state index in [9.17, 15) is 14.3 Å². The van der Waals surface area contributed by atoms with Gasteiger partial charge >= 0.3 is 5.97 Å². The summed E-state index contributed by atoms with van der Waals surface area (Å²) in [5.41, 5.74) is 0.0994. The van der Waals surface area contributed by atoms with E-state index in [1.807, 2.05) is 6.92 Å². The van der Waals surface area contributed by atoms with Gasteiger partial charge in [-0.05, 0) is 24.5 Å². The summed E-state index contributed by atoms with van der Waals surface area (Å²) in [5, 5.41) is 18.7. The Morgan fingerprint density at radius 2 is 2.22 bits per heavy atom. The molecule has 1 saturated heterocycles. The number of hydrogen-bond acceptors (Lipinski definition) is 3. The van der Waals surface area contributed by atoms with Crippen LogP contribution in [0, 0.1) is 11.7 Å². The van der Waals surface area contributed by atoms with E-state index in [1.54, 1.807) is 4.90 Å². The summed E-state index contributed by atoms with van der Waals surface area (Å²) in [4.78, 5) is 12.8. The van der Waals surface area contributed by atoms with Crippen LogP contribution in [0.2, 0.25) is 0 Å². The molecule has 2 rings (SSSR count). The number of carboxylic acid groups (broad SMARTS) is 1. The van der Waals surface area contributed by atoms with Gasteiger partial charge in [-0.1, -0.05) is 13.0 Å². The second kappa shape index (κ2) is 4.94. The number of aliphatic hydroxyl groups excluding tert-OH is 1. The lowest BCUT2D eigenvalue weighted by Crippen LogP contribution is -2.42. The predicted molar refractivity (Wildman–Crippen MR) is 65.4 cm³/mol. The maximum absolute atomic E-state index is 13.9. The molecule has 2 atom stereocenters. The first-order valence-corrected chi connectivity index (χ1v) is 5.95. The maximum atomic E-state index is 13.9. The lowest BCUT2D eigenvalue weighted by atomic mass is 9.95. The van der Waals surface area contributed by atoms with Crippen LogP contribution in [0.15, 0.2) is 18.2 Å². The molecule has 1 heterocycles. The Kier molecular flexibility index (Phi) is 3.52. The van der Waals surface area contributed by atoms with Gasteiger partial charge in [0.05, 0.1) is 17.4 Å². The Labute approximate surface area is 105 Å². The van der Waals surface area contributed by atoms with Gasteiger partial charge in [0.15, 0.2) is 0 Å². The fourth-order valence-electron chi connectivity index (χ4n) is 2.35. The Morgan fingerprint density at radius 3 is 2.83 bits per heavy atom. The summed E-state index contributed by atoms with van der Waals surface area (Å²) >= 11 is 0. The van der Waals surface area contributed by atoms with Gasteiger partial charge < -0.3 is 15.1 Å². The van der Waals surface area contributed by atoms with Crippen LogP contribution in [0.1, 0.15) is 23.7 Å². The van der Waals surface area contributed by atoms with Crippen molar-refractivity contribution < 1.29 is 19.4 Å². The van der Waals surface area contributed by atoms with Gasteiger partial charge in [-0.2, -0.15) is 0 Å². The number of hydrogen-bond donors (Lipinski definition) is 2. The number of aromatic carboxylic acids is 1. The van der Waals surface area contributed by atoms with Crippen molar-refractivity contribution in [3.63, 3.8) is 0 Å². The van der Waals surface area contributed by atoms with E-state index in [0.717, 1.165) is 0 Å². The highest BCUT2D eigenvalue weighted by atomic mass is 19.1. The van der Waals surface area contributed by atoms with Crippen LogP contribution in [0.3, 0.4) is 0 Å². The lowest BCUT2D eigenvalue weighted by molar-refractivity contribution is 0.0696. The summed E-state index contributed by atoms with van der Waals surface area (Å²) in [6, 6.07) is 4.05. The first-order valence-electron chi connectivity index (χ1n) is 5.95. The van der Waals surface area contributed by atoms with Crippen LogP contribution in [0.25, 0.3) is 0 Å². The zero-order valence-electron chi connectivity index (χ0n) is 10.1. The number of carbonyl (C=O) groups is 1. The van der Waals surface area contributed by atoms with Crippen molar-refractivity contribution in [2.75, 3.05) is 18.0 Å². The van der Waals surface area contributed by atoms with Gasteiger partial charge in [0.2, 0.25) is 0 Å². The van der Waals surface area contributed by atoms with Crippen LogP contribution in [-0.2, 0) is 0 Å². The third kappa shape index (κ3) is 2.31. The fraction of sp³-hybridized carbons (Fsp3) is 0.462. The van der Waals surface area contributed by atoms with Crippen molar-refractivity contribution in [2.24, 2.45) is 5.92 Å². The van der Waals surface area contributed by atoms with E-state index in [0.29, 0.717) is 19.5 Å². The van der Waals surface area contributed by atoms with E-state index in [2.05, 4.69) is 0 Å². The minimum Gasteiger partial charge on any atom is -0.478 e. The molecule has 0 aromatic heterocycles. The van der Waals surface area contributed by atoms with Gasteiger partial charge in [-0.3, -0.25) is 0 Å². The Bertz CT molecular complexity index is 464. The molecule has 2 unspecified atom stereocenters. The molecule has 0 saturated carbocycles. The number of benzene rings is 1. The number of para-hydroxylation sites is 1. The van der Waals surface area contributed by atoms with Crippen molar-refractivity contribution in [3.8, 4) is 0 Å². The summed E-state index contributed by atoms with van der Waals surface area (Å²) in [5.74, 6) is -1.67. The largest absolute Gasteiger partial charge is 0.478 e. The average molecular weight is 253 g/mol. The molecule has 0 amide bonds. The Balaban J connectivity index is 2.36. The molecule has 2 N–H and O–H groups in total. The van der Waals surface area contributed by atoms with E-state index < -0.39 is 17.9 Å². The molecule has 1 aromatic carbocycles. The van der Waals surface area contributed by atoms with E-state index >= 15 is 0 Å². The number of halogens is 1. The van der Waals surface area contributed by atoms with Crippen molar-refractivity contribution in [3.05, 3.63) is 29.6 Å². The van der Waals surface area contributed by atoms with Gasteiger partial charge in [0.1, 0.15) is 5.82 Å². The summed E-state index contributed by atoms with van der Waals surface area (Å²) in [6.07, 6.45) is 0.121. The Hall–Kier alpha value is -1.62. The average Bonchev–Trinajstić information content (AvgIpc) is 2.32. The zero-order valence-corrected chi connectivity index (χ0v) is 10.1. The lowest BCUT2D eigenvalue weighted by Gasteiger charge is -2.36. The predicted octanol–water partition coefficient (Wildman–Crippen LogP) is 1.73. The SMILES string of the molecule is CC1CN(c2c(F)cccc2C(=O)O)CCC1O. The van der Waals surface area contributed by atoms with Gasteiger partial charge in [0.25, 0.3) is 0 Å².